The third kappa shape index (κ3) is 3.59. The van der Waals surface area contributed by atoms with Crippen molar-refractivity contribution in [3.63, 3.8) is 0 Å². The Morgan fingerprint density at radius 3 is 2.62 bits per heavy atom. The molecule has 8 heavy (non-hydrogen) atoms. The molecule has 0 heterocycles. The van der Waals surface area contributed by atoms with Gasteiger partial charge in [-0.2, -0.15) is 0 Å². The lowest BCUT2D eigenvalue weighted by Crippen LogP contribution is -1.88. The van der Waals surface area contributed by atoms with Crippen LogP contribution in [0.2, 0.25) is 0 Å². The van der Waals surface area contributed by atoms with Crippen LogP contribution in [-0.4, -0.2) is 5.71 Å². The van der Waals surface area contributed by atoms with E-state index in [4.69, 9.17) is 5.41 Å². The summed E-state index contributed by atoms with van der Waals surface area (Å²) in [7, 11) is 0. The van der Waals surface area contributed by atoms with E-state index in [9.17, 15) is 0 Å². The minimum atomic E-state index is 0.808. The van der Waals surface area contributed by atoms with Crippen molar-refractivity contribution in [2.75, 3.05) is 0 Å². The second kappa shape index (κ2) is 4.57. The summed E-state index contributed by atoms with van der Waals surface area (Å²) < 4.78 is 0. The number of hydrogen-bond donors (Lipinski definition) is 1. The summed E-state index contributed by atoms with van der Waals surface area (Å²) >= 11 is 0. The summed E-state index contributed by atoms with van der Waals surface area (Å²) in [5.41, 5.74) is 0.808. The van der Waals surface area contributed by atoms with Gasteiger partial charge in [0.15, 0.2) is 0 Å². The molecule has 0 aliphatic heterocycles. The Bertz CT molecular complexity index is 92.6. The zero-order valence-corrected chi connectivity index (χ0v) is 5.57. The normalized spacial score (nSPS) is 10.2. The van der Waals surface area contributed by atoms with Gasteiger partial charge >= 0.3 is 0 Å². The first-order valence-electron chi connectivity index (χ1n) is 2.98. The van der Waals surface area contributed by atoms with Gasteiger partial charge in [0.05, 0.1) is 0 Å². The van der Waals surface area contributed by atoms with E-state index in [1.807, 2.05) is 26.0 Å². The zero-order chi connectivity index (χ0) is 6.41. The summed E-state index contributed by atoms with van der Waals surface area (Å²) in [5, 5.41) is 7.19. The van der Waals surface area contributed by atoms with E-state index >= 15 is 0 Å². The van der Waals surface area contributed by atoms with Crippen molar-refractivity contribution in [3.05, 3.63) is 12.2 Å². The molecule has 0 aromatic heterocycles. The van der Waals surface area contributed by atoms with Crippen molar-refractivity contribution >= 4 is 5.71 Å². The number of nitrogens with one attached hydrogen (secondary N) is 1. The highest BCUT2D eigenvalue weighted by molar-refractivity contribution is 5.82. The van der Waals surface area contributed by atoms with E-state index in [0.29, 0.717) is 0 Å². The standard InChI is InChI=1S/C7H13N/c1-3-5-6-7(8)4-2/h3,5,8H,4,6H2,1-2H3/b5-3+,8-7?. The van der Waals surface area contributed by atoms with E-state index in [1.165, 1.54) is 0 Å². The molecule has 0 radical (unpaired) electrons. The molecule has 1 nitrogen and oxygen atoms in total. The lowest BCUT2D eigenvalue weighted by molar-refractivity contribution is 1.18. The highest BCUT2D eigenvalue weighted by Crippen LogP contribution is 1.89. The molecule has 0 aromatic carbocycles. The molecule has 0 amide bonds. The van der Waals surface area contributed by atoms with Crippen molar-refractivity contribution in [3.8, 4) is 0 Å². The van der Waals surface area contributed by atoms with Gasteiger partial charge in [0, 0.05) is 12.1 Å². The number of allylic oxidation sites excluding steroid dienone is 2. The first kappa shape index (κ1) is 7.41. The van der Waals surface area contributed by atoms with E-state index in [2.05, 4.69) is 0 Å². The Balaban J connectivity index is 3.25. The second-order valence-electron chi connectivity index (χ2n) is 1.73. The topological polar surface area (TPSA) is 23.9 Å². The molecule has 0 aromatic rings. The van der Waals surface area contributed by atoms with Crippen LogP contribution in [0.25, 0.3) is 0 Å². The molecule has 0 atom stereocenters. The molecule has 0 spiro atoms. The van der Waals surface area contributed by atoms with Gasteiger partial charge in [0.1, 0.15) is 0 Å². The summed E-state index contributed by atoms with van der Waals surface area (Å²) in [6.45, 7) is 3.98. The largest absolute Gasteiger partial charge is 0.309 e. The van der Waals surface area contributed by atoms with Crippen molar-refractivity contribution in [1.82, 2.24) is 0 Å². The molecule has 0 rings (SSSR count). The third-order valence-electron chi connectivity index (χ3n) is 1.03. The average Bonchev–Trinajstić information content (AvgIpc) is 1.83. The summed E-state index contributed by atoms with van der Waals surface area (Å²) in [5.74, 6) is 0. The smallest absolute Gasteiger partial charge is 0.0124 e. The maximum Gasteiger partial charge on any atom is 0.0124 e. The fraction of sp³-hybridized carbons (Fsp3) is 0.571. The highest BCUT2D eigenvalue weighted by Gasteiger charge is 1.84. The van der Waals surface area contributed by atoms with Crippen molar-refractivity contribution < 1.29 is 0 Å². The van der Waals surface area contributed by atoms with Gasteiger partial charge in [-0.25, -0.2) is 0 Å². The number of rotatable bonds is 3. The second-order valence-corrected chi connectivity index (χ2v) is 1.73. The molecule has 0 aliphatic carbocycles. The monoisotopic (exact) mass is 111 g/mol. The Labute approximate surface area is 50.9 Å². The van der Waals surface area contributed by atoms with Crippen LogP contribution < -0.4 is 0 Å². The molecule has 0 aliphatic rings. The average molecular weight is 111 g/mol. The predicted molar refractivity (Wildman–Crippen MR) is 37.4 cm³/mol. The maximum absolute atomic E-state index is 7.19. The molecule has 1 heteroatoms. The summed E-state index contributed by atoms with van der Waals surface area (Å²) in [4.78, 5) is 0. The van der Waals surface area contributed by atoms with Crippen molar-refractivity contribution in [2.45, 2.75) is 26.7 Å². The molecule has 0 fully saturated rings. The van der Waals surface area contributed by atoms with E-state index in [0.717, 1.165) is 18.6 Å². The van der Waals surface area contributed by atoms with Gasteiger partial charge in [-0.1, -0.05) is 19.1 Å². The van der Waals surface area contributed by atoms with Crippen molar-refractivity contribution in [1.29, 1.82) is 5.41 Å². The summed E-state index contributed by atoms with van der Waals surface area (Å²) in [6.07, 6.45) is 5.69. The molecular weight excluding hydrogens is 98.1 g/mol. The molecule has 0 saturated heterocycles. The Morgan fingerprint density at radius 1 is 1.62 bits per heavy atom. The SMILES string of the molecule is C/C=C/CC(=N)CC. The fourth-order valence-electron chi connectivity index (χ4n) is 0.404. The van der Waals surface area contributed by atoms with Crippen LogP contribution >= 0.6 is 0 Å². The minimum Gasteiger partial charge on any atom is -0.309 e. The zero-order valence-electron chi connectivity index (χ0n) is 5.57. The molecule has 0 unspecified atom stereocenters. The molecule has 1 N–H and O–H groups in total. The molecule has 0 saturated carbocycles. The van der Waals surface area contributed by atoms with Gasteiger partial charge in [0.25, 0.3) is 0 Å². The Hall–Kier alpha value is -0.590. The molecular formula is C7H13N. The summed E-state index contributed by atoms with van der Waals surface area (Å²) in [6, 6.07) is 0. The third-order valence-corrected chi connectivity index (χ3v) is 1.03. The van der Waals surface area contributed by atoms with E-state index in [1.54, 1.807) is 0 Å². The number of hydrogen-bond acceptors (Lipinski definition) is 1. The van der Waals surface area contributed by atoms with Gasteiger partial charge < -0.3 is 5.41 Å². The Kier molecular flexibility index (Phi) is 4.23. The van der Waals surface area contributed by atoms with Crippen LogP contribution in [-0.2, 0) is 0 Å². The van der Waals surface area contributed by atoms with Crippen LogP contribution in [0.1, 0.15) is 26.7 Å². The lowest BCUT2D eigenvalue weighted by Gasteiger charge is -1.89. The predicted octanol–water partition coefficient (Wildman–Crippen LogP) is 2.38. The first-order chi connectivity index (χ1) is 3.81. The fourth-order valence-corrected chi connectivity index (χ4v) is 0.404. The lowest BCUT2D eigenvalue weighted by atomic mass is 10.2. The van der Waals surface area contributed by atoms with Crippen LogP contribution in [0.15, 0.2) is 12.2 Å². The first-order valence-corrected chi connectivity index (χ1v) is 2.98. The van der Waals surface area contributed by atoms with Crippen molar-refractivity contribution in [2.24, 2.45) is 0 Å². The van der Waals surface area contributed by atoms with Crippen LogP contribution in [0.3, 0.4) is 0 Å². The Morgan fingerprint density at radius 2 is 2.25 bits per heavy atom. The highest BCUT2D eigenvalue weighted by atomic mass is 14.4. The molecule has 0 bridgehead atoms. The van der Waals surface area contributed by atoms with Gasteiger partial charge in [-0.3, -0.25) is 0 Å². The minimum absolute atomic E-state index is 0.808. The maximum atomic E-state index is 7.19. The van der Waals surface area contributed by atoms with Crippen LogP contribution in [0.4, 0.5) is 0 Å². The quantitative estimate of drug-likeness (QED) is 0.427. The van der Waals surface area contributed by atoms with Gasteiger partial charge in [0.2, 0.25) is 0 Å². The van der Waals surface area contributed by atoms with E-state index < -0.39 is 0 Å². The van der Waals surface area contributed by atoms with E-state index in [-0.39, 0.29) is 0 Å². The molecule has 46 valence electrons. The van der Waals surface area contributed by atoms with Gasteiger partial charge in [-0.15, -0.1) is 0 Å². The van der Waals surface area contributed by atoms with Gasteiger partial charge in [-0.05, 0) is 13.3 Å². The van der Waals surface area contributed by atoms with Crippen LogP contribution in [0.5, 0.6) is 0 Å². The van der Waals surface area contributed by atoms with Crippen LogP contribution in [0, 0.1) is 5.41 Å².